The number of amides is 1. The summed E-state index contributed by atoms with van der Waals surface area (Å²) in [6.45, 7) is 4.39. The molecule has 1 aromatic carbocycles. The number of nitrogens with one attached hydrogen (secondary N) is 2. The van der Waals surface area contributed by atoms with E-state index in [9.17, 15) is 22.4 Å². The van der Waals surface area contributed by atoms with Crippen LogP contribution in [0.25, 0.3) is 22.4 Å². The number of likely N-dealkylation sites (tertiary alicyclic amines) is 1. The summed E-state index contributed by atoms with van der Waals surface area (Å²) in [7, 11) is 1.85. The van der Waals surface area contributed by atoms with E-state index in [-0.39, 0.29) is 35.8 Å². The molecule has 2 fully saturated rings. The number of hydrogen-bond donors (Lipinski definition) is 2. The Morgan fingerprint density at radius 1 is 1.23 bits per heavy atom. The average molecular weight is 543 g/mol. The second-order valence-corrected chi connectivity index (χ2v) is 10.1. The summed E-state index contributed by atoms with van der Waals surface area (Å²) in [6.07, 6.45) is 3.25. The summed E-state index contributed by atoms with van der Waals surface area (Å²) >= 11 is 0. The maximum atomic E-state index is 14.7. The van der Waals surface area contributed by atoms with Crippen molar-refractivity contribution in [2.45, 2.75) is 43.7 Å². The Morgan fingerprint density at radius 3 is 2.74 bits per heavy atom. The van der Waals surface area contributed by atoms with Crippen LogP contribution in [-0.2, 0) is 0 Å². The van der Waals surface area contributed by atoms with Crippen LogP contribution in [0.4, 0.5) is 23.2 Å². The number of fused-ring (bicyclic) bond motifs is 1. The van der Waals surface area contributed by atoms with Crippen molar-refractivity contribution in [2.24, 2.45) is 0 Å². The molecule has 1 amide bonds. The number of pyridine rings is 1. The van der Waals surface area contributed by atoms with Crippen LogP contribution in [-0.4, -0.2) is 70.6 Å². The van der Waals surface area contributed by atoms with Gasteiger partial charge < -0.3 is 15.5 Å². The number of benzene rings is 1. The molecule has 0 radical (unpaired) electrons. The Bertz CT molecular complexity index is 1410. The van der Waals surface area contributed by atoms with E-state index < -0.39 is 24.0 Å². The van der Waals surface area contributed by atoms with E-state index in [0.717, 1.165) is 12.8 Å². The van der Waals surface area contributed by atoms with Crippen LogP contribution in [0.1, 0.15) is 47.1 Å². The summed E-state index contributed by atoms with van der Waals surface area (Å²) in [5.74, 6) is -0.297. The smallest absolute Gasteiger partial charge is 0.379 e. The summed E-state index contributed by atoms with van der Waals surface area (Å²) in [6, 6.07) is 6.46. The van der Waals surface area contributed by atoms with Crippen molar-refractivity contribution in [1.82, 2.24) is 25.0 Å². The zero-order chi connectivity index (χ0) is 27.7. The van der Waals surface area contributed by atoms with Gasteiger partial charge in [0.05, 0.1) is 40.8 Å². The Morgan fingerprint density at radius 2 is 2.03 bits per heavy atom. The van der Waals surface area contributed by atoms with Gasteiger partial charge in [-0.3, -0.25) is 9.48 Å². The van der Waals surface area contributed by atoms with Gasteiger partial charge in [0.15, 0.2) is 0 Å². The van der Waals surface area contributed by atoms with Crippen molar-refractivity contribution in [3.8, 4) is 0 Å². The Kier molecular flexibility index (Phi) is 7.44. The molecule has 1 aliphatic carbocycles. The van der Waals surface area contributed by atoms with Crippen LogP contribution in [0.5, 0.6) is 0 Å². The van der Waals surface area contributed by atoms with Gasteiger partial charge >= 0.3 is 6.18 Å². The summed E-state index contributed by atoms with van der Waals surface area (Å²) in [5, 5.41) is 10.9. The van der Waals surface area contributed by atoms with Gasteiger partial charge in [-0.05, 0) is 44.5 Å². The monoisotopic (exact) mass is 542 g/mol. The van der Waals surface area contributed by atoms with Gasteiger partial charge in [0.25, 0.3) is 5.91 Å². The maximum absolute atomic E-state index is 14.7. The van der Waals surface area contributed by atoms with E-state index in [2.05, 4.69) is 27.3 Å². The molecule has 39 heavy (non-hydrogen) atoms. The molecule has 1 saturated carbocycles. The van der Waals surface area contributed by atoms with Crippen LogP contribution in [0, 0.1) is 0 Å². The minimum Gasteiger partial charge on any atom is -0.379 e. The van der Waals surface area contributed by atoms with E-state index in [4.69, 9.17) is 0 Å². The fourth-order valence-electron chi connectivity index (χ4n) is 4.72. The number of allylic oxidation sites excluding steroid dienone is 1. The molecular formula is C28H30F4N6O. The molecule has 206 valence electrons. The third-order valence-electron chi connectivity index (χ3n) is 7.06. The number of halogens is 4. The van der Waals surface area contributed by atoms with Crippen molar-refractivity contribution in [3.05, 3.63) is 66.3 Å². The van der Waals surface area contributed by atoms with Crippen molar-refractivity contribution < 1.29 is 22.4 Å². The molecule has 1 aliphatic heterocycles. The van der Waals surface area contributed by atoms with Crippen LogP contribution in [0.3, 0.4) is 0 Å². The Hall–Kier alpha value is -3.73. The van der Waals surface area contributed by atoms with Gasteiger partial charge in [-0.25, -0.2) is 9.37 Å². The van der Waals surface area contributed by atoms with Gasteiger partial charge in [0.1, 0.15) is 6.17 Å². The van der Waals surface area contributed by atoms with Gasteiger partial charge in [0, 0.05) is 42.3 Å². The summed E-state index contributed by atoms with van der Waals surface area (Å²) < 4.78 is 57.6. The molecule has 1 saturated heterocycles. The molecule has 0 unspecified atom stereocenters. The fourth-order valence-corrected chi connectivity index (χ4v) is 4.72. The Balaban J connectivity index is 1.39. The van der Waals surface area contributed by atoms with E-state index in [1.165, 1.54) is 6.20 Å². The van der Waals surface area contributed by atoms with Crippen molar-refractivity contribution in [3.63, 3.8) is 0 Å². The number of aromatic nitrogens is 3. The minimum atomic E-state index is -4.68. The number of carbonyl (C=O) groups excluding carboxylic acids is 1. The predicted octanol–water partition coefficient (Wildman–Crippen LogP) is 5.24. The molecule has 2 N–H and O–H groups in total. The zero-order valence-corrected chi connectivity index (χ0v) is 21.5. The normalized spacial score (nSPS) is 20.4. The topological polar surface area (TPSA) is 75.1 Å². The highest BCUT2D eigenvalue weighted by molar-refractivity contribution is 6.01. The van der Waals surface area contributed by atoms with Gasteiger partial charge in [-0.1, -0.05) is 24.8 Å². The summed E-state index contributed by atoms with van der Waals surface area (Å²) in [5.41, 5.74) is -0.130. The van der Waals surface area contributed by atoms with Crippen molar-refractivity contribution >= 4 is 34.0 Å². The lowest BCUT2D eigenvalue weighted by Crippen LogP contribution is -2.46. The van der Waals surface area contributed by atoms with Gasteiger partial charge in [-0.15, -0.1) is 0 Å². The number of nitrogens with zero attached hydrogens (tertiary/aromatic N) is 4. The van der Waals surface area contributed by atoms with Crippen LogP contribution in [0.15, 0.2) is 49.3 Å². The first-order valence-electron chi connectivity index (χ1n) is 12.9. The highest BCUT2D eigenvalue weighted by Gasteiger charge is 2.35. The van der Waals surface area contributed by atoms with E-state index in [1.807, 2.05) is 11.9 Å². The first-order chi connectivity index (χ1) is 18.6. The van der Waals surface area contributed by atoms with E-state index >= 15 is 0 Å². The molecule has 0 spiro atoms. The van der Waals surface area contributed by atoms with E-state index in [0.29, 0.717) is 35.6 Å². The number of piperidine rings is 1. The molecular weight excluding hydrogens is 512 g/mol. The number of alkyl halides is 4. The quantitative estimate of drug-likeness (QED) is 0.381. The standard InChI is InChI=1S/C28H30F4N6O/c1-17(28(30,31)32)26-21-6-3-7-24(36-25-10-12-37(2)16-23(25)29)22(21)13-19(35-26)5-4-11-33-27(39)18-14-34-38(15-18)20-8-9-20/h3-7,13-15,20,23,25,36H,1,8-12,16H2,2H3,(H,33,39)/b5-4+/t23-,25+/m0/s1. The SMILES string of the molecule is C=C(c1nc(/C=C/CNC(=O)c2cnn(C3CC3)c2)cc2c(N[C@@H]3CCN(C)C[C@@H]3F)cccc12)C(F)(F)F. The maximum Gasteiger partial charge on any atom is 0.417 e. The highest BCUT2D eigenvalue weighted by atomic mass is 19.4. The summed E-state index contributed by atoms with van der Waals surface area (Å²) in [4.78, 5) is 18.6. The third kappa shape index (κ3) is 6.13. The molecule has 3 aromatic rings. The molecule has 7 nitrogen and oxygen atoms in total. The van der Waals surface area contributed by atoms with Crippen LogP contribution < -0.4 is 10.6 Å². The molecule has 11 heteroatoms. The highest BCUT2D eigenvalue weighted by Crippen LogP contribution is 2.37. The van der Waals surface area contributed by atoms with Crippen molar-refractivity contribution in [1.29, 1.82) is 0 Å². The second-order valence-electron chi connectivity index (χ2n) is 10.1. The average Bonchev–Trinajstić information content (AvgIpc) is 3.63. The lowest BCUT2D eigenvalue weighted by atomic mass is 9.99. The molecule has 5 rings (SSSR count). The minimum absolute atomic E-state index is 0.141. The molecule has 3 heterocycles. The first-order valence-corrected chi connectivity index (χ1v) is 12.9. The molecule has 2 aromatic heterocycles. The molecule has 2 aliphatic rings. The molecule has 2 atom stereocenters. The van der Waals surface area contributed by atoms with Gasteiger partial charge in [0.2, 0.25) is 0 Å². The van der Waals surface area contributed by atoms with Crippen LogP contribution in [0.2, 0.25) is 0 Å². The lowest BCUT2D eigenvalue weighted by Gasteiger charge is -2.33. The number of carbonyl (C=O) groups is 1. The van der Waals surface area contributed by atoms with Crippen molar-refractivity contribution in [2.75, 3.05) is 32.0 Å². The lowest BCUT2D eigenvalue weighted by molar-refractivity contribution is -0.0688. The largest absolute Gasteiger partial charge is 0.417 e. The zero-order valence-electron chi connectivity index (χ0n) is 21.5. The number of hydrogen-bond acceptors (Lipinski definition) is 5. The molecule has 0 bridgehead atoms. The van der Waals surface area contributed by atoms with Gasteiger partial charge in [-0.2, -0.15) is 18.3 Å². The van der Waals surface area contributed by atoms with E-state index in [1.54, 1.807) is 47.3 Å². The Labute approximate surface area is 223 Å². The number of anilines is 1. The fraction of sp³-hybridized carbons (Fsp3) is 0.393. The first kappa shape index (κ1) is 26.9. The van der Waals surface area contributed by atoms with Crippen LogP contribution >= 0.6 is 0 Å². The third-order valence-corrected chi connectivity index (χ3v) is 7.06. The predicted molar refractivity (Wildman–Crippen MR) is 143 cm³/mol. The second kappa shape index (κ2) is 10.8. The number of rotatable bonds is 8.